The van der Waals surface area contributed by atoms with Crippen LogP contribution in [0.15, 0.2) is 42.5 Å². The number of methoxy groups -OCH3 is 3. The van der Waals surface area contributed by atoms with Gasteiger partial charge in [0.05, 0.1) is 21.3 Å². The predicted octanol–water partition coefficient (Wildman–Crippen LogP) is 3.00. The van der Waals surface area contributed by atoms with Crippen LogP contribution in [0.1, 0.15) is 17.5 Å². The lowest BCUT2D eigenvalue weighted by Crippen LogP contribution is -2.26. The minimum Gasteiger partial charge on any atom is -0.497 e. The first-order chi connectivity index (χ1) is 12.2. The molecular formula is C20H25NO4. The fraction of sp³-hybridized carbons (Fsp3) is 0.350. The third-order valence-electron chi connectivity index (χ3n) is 4.01. The SMILES string of the molecule is COc1ccc(CCC(=O)NCCc2ccc(OC)cc2OC)cc1. The van der Waals surface area contributed by atoms with Gasteiger partial charge in [0.2, 0.25) is 5.91 Å². The van der Waals surface area contributed by atoms with Crippen LogP contribution in [0.4, 0.5) is 0 Å². The maximum Gasteiger partial charge on any atom is 0.220 e. The number of ether oxygens (including phenoxy) is 3. The van der Waals surface area contributed by atoms with Gasteiger partial charge in [-0.3, -0.25) is 4.79 Å². The van der Waals surface area contributed by atoms with Crippen LogP contribution in [0.5, 0.6) is 17.2 Å². The molecule has 0 bridgehead atoms. The molecule has 0 fully saturated rings. The van der Waals surface area contributed by atoms with Gasteiger partial charge in [-0.1, -0.05) is 18.2 Å². The van der Waals surface area contributed by atoms with Crippen molar-refractivity contribution in [3.05, 3.63) is 53.6 Å². The molecule has 2 rings (SSSR count). The number of hydrogen-bond acceptors (Lipinski definition) is 4. The van der Waals surface area contributed by atoms with Gasteiger partial charge in [0, 0.05) is 19.0 Å². The van der Waals surface area contributed by atoms with Crippen molar-refractivity contribution in [2.45, 2.75) is 19.3 Å². The summed E-state index contributed by atoms with van der Waals surface area (Å²) in [6.07, 6.45) is 1.88. The van der Waals surface area contributed by atoms with Gasteiger partial charge in [-0.2, -0.15) is 0 Å². The van der Waals surface area contributed by atoms with E-state index in [1.807, 2.05) is 42.5 Å². The summed E-state index contributed by atoms with van der Waals surface area (Å²) in [6, 6.07) is 13.5. The van der Waals surface area contributed by atoms with Crippen molar-refractivity contribution in [3.63, 3.8) is 0 Å². The molecule has 0 aromatic heterocycles. The highest BCUT2D eigenvalue weighted by Gasteiger charge is 2.07. The molecule has 0 unspecified atom stereocenters. The number of amides is 1. The van der Waals surface area contributed by atoms with Crippen LogP contribution in [0.3, 0.4) is 0 Å². The Bertz CT molecular complexity index is 683. The number of nitrogens with one attached hydrogen (secondary N) is 1. The Morgan fingerprint density at radius 3 is 2.20 bits per heavy atom. The Morgan fingerprint density at radius 2 is 1.56 bits per heavy atom. The summed E-state index contributed by atoms with van der Waals surface area (Å²) in [7, 11) is 4.89. The van der Waals surface area contributed by atoms with Gasteiger partial charge < -0.3 is 19.5 Å². The first-order valence-corrected chi connectivity index (χ1v) is 8.26. The molecule has 2 aromatic rings. The molecule has 0 saturated heterocycles. The summed E-state index contributed by atoms with van der Waals surface area (Å²) in [5, 5.41) is 2.95. The molecule has 0 aliphatic carbocycles. The van der Waals surface area contributed by atoms with Gasteiger partial charge in [0.15, 0.2) is 0 Å². The molecule has 134 valence electrons. The Balaban J connectivity index is 1.76. The summed E-state index contributed by atoms with van der Waals surface area (Å²) in [5.41, 5.74) is 2.16. The fourth-order valence-electron chi connectivity index (χ4n) is 2.53. The van der Waals surface area contributed by atoms with E-state index in [2.05, 4.69) is 5.32 Å². The third-order valence-corrected chi connectivity index (χ3v) is 4.01. The minimum atomic E-state index is 0.0447. The Kier molecular flexibility index (Phi) is 7.14. The van der Waals surface area contributed by atoms with E-state index in [1.54, 1.807) is 21.3 Å². The van der Waals surface area contributed by atoms with Crippen molar-refractivity contribution < 1.29 is 19.0 Å². The number of carbonyl (C=O) groups excluding carboxylic acids is 1. The van der Waals surface area contributed by atoms with Gasteiger partial charge in [0.25, 0.3) is 0 Å². The molecule has 0 radical (unpaired) electrons. The smallest absolute Gasteiger partial charge is 0.220 e. The zero-order chi connectivity index (χ0) is 18.1. The summed E-state index contributed by atoms with van der Waals surface area (Å²) in [6.45, 7) is 0.574. The van der Waals surface area contributed by atoms with Crippen LogP contribution in [-0.2, 0) is 17.6 Å². The normalized spacial score (nSPS) is 10.2. The van der Waals surface area contributed by atoms with Crippen molar-refractivity contribution >= 4 is 5.91 Å². The largest absolute Gasteiger partial charge is 0.497 e. The average molecular weight is 343 g/mol. The summed E-state index contributed by atoms with van der Waals surface area (Å²) in [4.78, 5) is 12.0. The van der Waals surface area contributed by atoms with Gasteiger partial charge in [-0.25, -0.2) is 0 Å². The topological polar surface area (TPSA) is 56.8 Å². The zero-order valence-corrected chi connectivity index (χ0v) is 15.0. The molecule has 5 nitrogen and oxygen atoms in total. The van der Waals surface area contributed by atoms with Crippen LogP contribution in [0.25, 0.3) is 0 Å². The van der Waals surface area contributed by atoms with E-state index in [1.165, 1.54) is 0 Å². The molecule has 0 atom stereocenters. The van der Waals surface area contributed by atoms with E-state index in [9.17, 15) is 4.79 Å². The Hall–Kier alpha value is -2.69. The van der Waals surface area contributed by atoms with Crippen molar-refractivity contribution in [1.29, 1.82) is 0 Å². The van der Waals surface area contributed by atoms with Crippen molar-refractivity contribution in [2.75, 3.05) is 27.9 Å². The second-order valence-corrected chi connectivity index (χ2v) is 5.63. The zero-order valence-electron chi connectivity index (χ0n) is 15.0. The minimum absolute atomic E-state index is 0.0447. The Morgan fingerprint density at radius 1 is 0.880 bits per heavy atom. The van der Waals surface area contributed by atoms with Crippen LogP contribution in [0.2, 0.25) is 0 Å². The summed E-state index contributed by atoms with van der Waals surface area (Å²) >= 11 is 0. The molecule has 0 saturated carbocycles. The summed E-state index contributed by atoms with van der Waals surface area (Å²) < 4.78 is 15.7. The highest BCUT2D eigenvalue weighted by molar-refractivity contribution is 5.76. The molecule has 25 heavy (non-hydrogen) atoms. The van der Waals surface area contributed by atoms with Crippen molar-refractivity contribution in [3.8, 4) is 17.2 Å². The van der Waals surface area contributed by atoms with Crippen molar-refractivity contribution in [2.24, 2.45) is 0 Å². The van der Waals surface area contributed by atoms with E-state index in [4.69, 9.17) is 14.2 Å². The molecule has 5 heteroatoms. The lowest BCUT2D eigenvalue weighted by molar-refractivity contribution is -0.121. The first-order valence-electron chi connectivity index (χ1n) is 8.26. The average Bonchev–Trinajstić information content (AvgIpc) is 2.66. The van der Waals surface area contributed by atoms with E-state index in [-0.39, 0.29) is 5.91 Å². The number of benzene rings is 2. The standard InChI is InChI=1S/C20H25NO4/c1-23-17-8-4-15(5-9-17)6-11-20(22)21-13-12-16-7-10-18(24-2)14-19(16)25-3/h4-5,7-10,14H,6,11-13H2,1-3H3,(H,21,22). The Labute approximate surface area is 148 Å². The van der Waals surface area contributed by atoms with E-state index < -0.39 is 0 Å². The van der Waals surface area contributed by atoms with Crippen LogP contribution in [0, 0.1) is 0 Å². The lowest BCUT2D eigenvalue weighted by Gasteiger charge is -2.11. The van der Waals surface area contributed by atoms with Gasteiger partial charge in [-0.15, -0.1) is 0 Å². The van der Waals surface area contributed by atoms with Crippen LogP contribution in [-0.4, -0.2) is 33.8 Å². The predicted molar refractivity (Wildman–Crippen MR) is 97.6 cm³/mol. The highest BCUT2D eigenvalue weighted by Crippen LogP contribution is 2.24. The lowest BCUT2D eigenvalue weighted by atomic mass is 10.1. The van der Waals surface area contributed by atoms with E-state index >= 15 is 0 Å². The highest BCUT2D eigenvalue weighted by atomic mass is 16.5. The second-order valence-electron chi connectivity index (χ2n) is 5.63. The first kappa shape index (κ1) is 18.6. The maximum atomic E-state index is 12.0. The van der Waals surface area contributed by atoms with Gasteiger partial charge in [-0.05, 0) is 42.2 Å². The van der Waals surface area contributed by atoms with E-state index in [0.29, 0.717) is 25.8 Å². The number of carbonyl (C=O) groups is 1. The van der Waals surface area contributed by atoms with E-state index in [0.717, 1.165) is 28.4 Å². The van der Waals surface area contributed by atoms with Gasteiger partial charge in [0.1, 0.15) is 17.2 Å². The van der Waals surface area contributed by atoms with Gasteiger partial charge >= 0.3 is 0 Å². The molecule has 0 aliphatic rings. The molecule has 0 heterocycles. The summed E-state index contributed by atoms with van der Waals surface area (Å²) in [5.74, 6) is 2.39. The maximum absolute atomic E-state index is 12.0. The second kappa shape index (κ2) is 9.57. The number of hydrogen-bond donors (Lipinski definition) is 1. The molecule has 2 aromatic carbocycles. The monoisotopic (exact) mass is 343 g/mol. The molecule has 1 N–H and O–H groups in total. The third kappa shape index (κ3) is 5.71. The van der Waals surface area contributed by atoms with Crippen LogP contribution >= 0.6 is 0 Å². The quantitative estimate of drug-likeness (QED) is 0.760. The van der Waals surface area contributed by atoms with Crippen LogP contribution < -0.4 is 19.5 Å². The molecular weight excluding hydrogens is 318 g/mol. The van der Waals surface area contributed by atoms with Crippen molar-refractivity contribution in [1.82, 2.24) is 5.32 Å². The molecule has 1 amide bonds. The molecule has 0 aliphatic heterocycles. The molecule has 0 spiro atoms. The number of rotatable bonds is 9. The fourth-order valence-corrected chi connectivity index (χ4v) is 2.53. The number of aryl methyl sites for hydroxylation is 1.